The van der Waals surface area contributed by atoms with Gasteiger partial charge in [-0.25, -0.2) is 9.97 Å². The van der Waals surface area contributed by atoms with Crippen LogP contribution >= 0.6 is 39.1 Å². The Morgan fingerprint density at radius 3 is 1.68 bits per heavy atom. The maximum Gasteiger partial charge on any atom is 0.422 e. The van der Waals surface area contributed by atoms with Crippen LogP contribution in [0.25, 0.3) is 11.1 Å². The summed E-state index contributed by atoms with van der Waals surface area (Å²) in [4.78, 5) is 32.4. The van der Waals surface area contributed by atoms with Crippen molar-refractivity contribution in [3.63, 3.8) is 0 Å². The normalized spacial score (nSPS) is 20.4. The van der Waals surface area contributed by atoms with Gasteiger partial charge in [-0.05, 0) is 71.4 Å². The number of halogens is 9. The molecule has 2 aliphatic rings. The molecule has 4 N–H and O–H groups in total. The summed E-state index contributed by atoms with van der Waals surface area (Å²) in [7, 11) is 0. The first kappa shape index (κ1) is 42.4. The zero-order chi connectivity index (χ0) is 38.9. The monoisotopic (exact) mass is 858 g/mol. The fraction of sp³-hybridized carbons (Fsp3) is 0.471. The summed E-state index contributed by atoms with van der Waals surface area (Å²) in [6, 6.07) is 6.48. The molecule has 5 rings (SSSR count). The van der Waals surface area contributed by atoms with E-state index in [0.717, 1.165) is 38.1 Å². The molecule has 2 aliphatic carbocycles. The minimum atomic E-state index is -4.55. The number of pyridine rings is 2. The summed E-state index contributed by atoms with van der Waals surface area (Å²) in [5.74, 6) is -1.46. The molecule has 3 aromatic rings. The molecule has 0 unspecified atom stereocenters. The first-order valence-electron chi connectivity index (χ1n) is 16.4. The highest BCUT2D eigenvalue weighted by molar-refractivity contribution is 9.10. The molecular weight excluding hydrogens is 825 g/mol. The number of carbonyl (C=O) groups is 2. The summed E-state index contributed by atoms with van der Waals surface area (Å²) in [6.07, 6.45) is -1.77. The molecule has 290 valence electrons. The topological polar surface area (TPSA) is 143 Å². The van der Waals surface area contributed by atoms with Crippen LogP contribution in [-0.4, -0.2) is 81.9 Å². The van der Waals surface area contributed by atoms with Crippen molar-refractivity contribution in [2.24, 2.45) is 0 Å². The summed E-state index contributed by atoms with van der Waals surface area (Å²) < 4.78 is 83.8. The van der Waals surface area contributed by atoms with Gasteiger partial charge in [0.2, 0.25) is 11.8 Å². The van der Waals surface area contributed by atoms with Crippen LogP contribution in [0.5, 0.6) is 11.8 Å². The number of carbonyl (C=O) groups excluding carboxylic acids is 2. The Balaban J connectivity index is 0.000000245. The van der Waals surface area contributed by atoms with Gasteiger partial charge in [-0.3, -0.25) is 9.59 Å². The Morgan fingerprint density at radius 2 is 1.21 bits per heavy atom. The van der Waals surface area contributed by atoms with E-state index >= 15 is 0 Å². The molecule has 1 aromatic carbocycles. The molecule has 0 saturated heterocycles. The second kappa shape index (κ2) is 18.8. The highest BCUT2D eigenvalue weighted by Crippen LogP contribution is 2.34. The second-order valence-electron chi connectivity index (χ2n) is 12.4. The van der Waals surface area contributed by atoms with Gasteiger partial charge in [-0.15, -0.1) is 0 Å². The molecule has 2 heterocycles. The maximum absolute atomic E-state index is 12.7. The number of amides is 2. The zero-order valence-electron chi connectivity index (χ0n) is 27.7. The van der Waals surface area contributed by atoms with E-state index in [-0.39, 0.29) is 55.1 Å². The first-order valence-corrected chi connectivity index (χ1v) is 17.9. The Hall–Kier alpha value is -3.38. The maximum atomic E-state index is 12.7. The van der Waals surface area contributed by atoms with Crippen molar-refractivity contribution in [3.05, 3.63) is 68.4 Å². The van der Waals surface area contributed by atoms with E-state index in [9.17, 15) is 46.1 Å². The van der Waals surface area contributed by atoms with Crippen LogP contribution in [0.2, 0.25) is 10.0 Å². The van der Waals surface area contributed by atoms with Crippen molar-refractivity contribution in [1.82, 2.24) is 20.6 Å². The number of aliphatic hydroxyl groups is 2. The fourth-order valence-electron chi connectivity index (χ4n) is 5.58. The van der Waals surface area contributed by atoms with E-state index in [1.54, 1.807) is 0 Å². The van der Waals surface area contributed by atoms with E-state index in [1.165, 1.54) is 30.3 Å². The minimum absolute atomic E-state index is 0.119. The van der Waals surface area contributed by atoms with Crippen molar-refractivity contribution < 1.29 is 55.6 Å². The molecule has 2 fully saturated rings. The van der Waals surface area contributed by atoms with E-state index in [2.05, 4.69) is 41.3 Å². The molecule has 2 amide bonds. The van der Waals surface area contributed by atoms with E-state index in [4.69, 9.17) is 27.9 Å². The number of aromatic nitrogens is 2. The number of nitrogens with one attached hydrogen (secondary N) is 2. The molecule has 0 spiro atoms. The highest BCUT2D eigenvalue weighted by atomic mass is 79.9. The zero-order valence-corrected chi connectivity index (χ0v) is 30.8. The van der Waals surface area contributed by atoms with E-state index in [1.807, 2.05) is 0 Å². The van der Waals surface area contributed by atoms with Crippen molar-refractivity contribution >= 4 is 50.9 Å². The lowest BCUT2D eigenvalue weighted by Gasteiger charge is -2.28. The van der Waals surface area contributed by atoms with E-state index < -0.39 is 49.6 Å². The number of alkyl halides is 6. The van der Waals surface area contributed by atoms with Crippen LogP contribution in [0.15, 0.2) is 47.2 Å². The van der Waals surface area contributed by atoms with Gasteiger partial charge in [-0.1, -0.05) is 55.0 Å². The third-order valence-corrected chi connectivity index (χ3v) is 9.56. The molecule has 2 saturated carbocycles. The SMILES string of the molecule is O=C(N[C@@H]1CCCC[C@H]1O)c1cnc(OCC(F)(F)F)c(-c2ccc(Cl)c(Cl)c2)c1.O=C(N[C@@H]1CCCC[C@H]1O)c1cnc(OCC(F)(F)F)c(Br)c1. The van der Waals surface area contributed by atoms with E-state index in [0.29, 0.717) is 31.2 Å². The predicted octanol–water partition coefficient (Wildman–Crippen LogP) is 7.85. The molecule has 0 radical (unpaired) electrons. The van der Waals surface area contributed by atoms with Crippen molar-refractivity contribution in [2.75, 3.05) is 13.2 Å². The fourth-order valence-corrected chi connectivity index (χ4v) is 6.34. The standard InChI is InChI=1S/C20H19Cl2F3N2O3.C14H16BrF3N2O3/c21-14-6-5-11(8-15(14)22)13-7-12(9-26-19(13)30-10-20(23,24)25)18(29)27-16-3-1-2-4-17(16)28;15-9-5-8(6-19-13(9)23-7-14(16,17)18)12(22)20-10-3-1-2-4-11(10)21/h5-9,16-17,28H,1-4,10H2,(H,27,29);5-6,10-11,21H,1-4,7H2,(H,20,22)/t16-,17-;10-,11-/m11/s1. The summed E-state index contributed by atoms with van der Waals surface area (Å²) in [5.41, 5.74) is 0.846. The third kappa shape index (κ3) is 13.2. The Kier molecular flexibility index (Phi) is 15.0. The average molecular weight is 860 g/mol. The Labute approximate surface area is 318 Å². The summed E-state index contributed by atoms with van der Waals surface area (Å²) in [5, 5.41) is 25.8. The van der Waals surface area contributed by atoms with Gasteiger partial charge < -0.3 is 30.3 Å². The lowest BCUT2D eigenvalue weighted by molar-refractivity contribution is -0.154. The largest absolute Gasteiger partial charge is 0.468 e. The van der Waals surface area contributed by atoms with Crippen LogP contribution in [0, 0.1) is 0 Å². The predicted molar refractivity (Wildman–Crippen MR) is 186 cm³/mol. The van der Waals surface area contributed by atoms with Crippen LogP contribution in [0.3, 0.4) is 0 Å². The Morgan fingerprint density at radius 1 is 0.736 bits per heavy atom. The van der Waals surface area contributed by atoms with Crippen LogP contribution < -0.4 is 20.1 Å². The quantitative estimate of drug-likeness (QED) is 0.160. The number of aliphatic hydroxyl groups excluding tert-OH is 2. The lowest BCUT2D eigenvalue weighted by atomic mass is 9.92. The van der Waals surface area contributed by atoms with Gasteiger partial charge in [0, 0.05) is 18.0 Å². The smallest absolute Gasteiger partial charge is 0.422 e. The van der Waals surface area contributed by atoms with Gasteiger partial charge in [0.1, 0.15) is 0 Å². The molecular formula is C34H35BrCl2F6N4O6. The molecule has 19 heteroatoms. The van der Waals surface area contributed by atoms with Crippen molar-refractivity contribution in [3.8, 4) is 22.9 Å². The van der Waals surface area contributed by atoms with Crippen LogP contribution in [-0.2, 0) is 0 Å². The summed E-state index contributed by atoms with van der Waals surface area (Å²) in [6.45, 7) is -2.99. The molecule has 0 bridgehead atoms. The number of hydrogen-bond donors (Lipinski definition) is 4. The number of rotatable bonds is 9. The number of ether oxygens (including phenoxy) is 2. The van der Waals surface area contributed by atoms with Crippen LogP contribution in [0.4, 0.5) is 26.3 Å². The molecule has 4 atom stereocenters. The molecule has 2 aromatic heterocycles. The molecule has 53 heavy (non-hydrogen) atoms. The van der Waals surface area contributed by atoms with Crippen molar-refractivity contribution in [1.29, 1.82) is 0 Å². The first-order chi connectivity index (χ1) is 24.9. The Bertz CT molecular complexity index is 1740. The third-order valence-electron chi connectivity index (χ3n) is 8.25. The molecule has 10 nitrogen and oxygen atoms in total. The van der Waals surface area contributed by atoms with Gasteiger partial charge in [0.25, 0.3) is 11.8 Å². The number of nitrogens with zero attached hydrogens (tertiary/aromatic N) is 2. The van der Waals surface area contributed by atoms with Gasteiger partial charge in [0.05, 0.1) is 49.9 Å². The number of benzene rings is 1. The second-order valence-corrected chi connectivity index (χ2v) is 14.1. The summed E-state index contributed by atoms with van der Waals surface area (Å²) >= 11 is 15.0. The number of hydrogen-bond acceptors (Lipinski definition) is 8. The molecule has 0 aliphatic heterocycles. The minimum Gasteiger partial charge on any atom is -0.468 e. The van der Waals surface area contributed by atoms with Gasteiger partial charge in [0.15, 0.2) is 13.2 Å². The average Bonchev–Trinajstić information content (AvgIpc) is 3.09. The lowest BCUT2D eigenvalue weighted by Crippen LogP contribution is -2.45. The van der Waals surface area contributed by atoms with Gasteiger partial charge >= 0.3 is 12.4 Å². The van der Waals surface area contributed by atoms with Gasteiger partial charge in [-0.2, -0.15) is 26.3 Å². The van der Waals surface area contributed by atoms with Crippen molar-refractivity contribution in [2.45, 2.75) is 88.0 Å². The highest BCUT2D eigenvalue weighted by Gasteiger charge is 2.31. The van der Waals surface area contributed by atoms with Crippen LogP contribution in [0.1, 0.15) is 72.1 Å².